The Balaban J connectivity index is 1.20. The van der Waals surface area contributed by atoms with Gasteiger partial charge in [-0.25, -0.2) is 9.99 Å². The molecule has 6 heteroatoms. The second-order valence-corrected chi connectivity index (χ2v) is 8.63. The van der Waals surface area contributed by atoms with Crippen molar-refractivity contribution >= 4 is 17.7 Å². The largest absolute Gasteiger partial charge is 0.457 e. The number of para-hydroxylation sites is 1. The van der Waals surface area contributed by atoms with Crippen molar-refractivity contribution in [1.82, 2.24) is 9.55 Å². The van der Waals surface area contributed by atoms with Crippen LogP contribution in [0.5, 0.6) is 11.5 Å². The lowest BCUT2D eigenvalue weighted by Crippen LogP contribution is -2.26. The van der Waals surface area contributed by atoms with Crippen LogP contribution >= 0.6 is 0 Å². The van der Waals surface area contributed by atoms with E-state index in [-0.39, 0.29) is 0 Å². The molecule has 0 N–H and O–H groups in total. The summed E-state index contributed by atoms with van der Waals surface area (Å²) in [7, 11) is 2.01. The third-order valence-electron chi connectivity index (χ3n) is 6.09. The summed E-state index contributed by atoms with van der Waals surface area (Å²) in [6.07, 6.45) is 3.90. The van der Waals surface area contributed by atoms with Crippen molar-refractivity contribution in [3.63, 3.8) is 0 Å². The van der Waals surface area contributed by atoms with E-state index >= 15 is 0 Å². The van der Waals surface area contributed by atoms with E-state index in [1.807, 2.05) is 102 Å². The lowest BCUT2D eigenvalue weighted by molar-refractivity contribution is 0.483. The zero-order valence-electron chi connectivity index (χ0n) is 19.9. The molecule has 1 aliphatic heterocycles. The predicted molar refractivity (Wildman–Crippen MR) is 145 cm³/mol. The molecule has 0 bridgehead atoms. The first kappa shape index (κ1) is 21.7. The van der Waals surface area contributed by atoms with Crippen LogP contribution in [0.3, 0.4) is 0 Å². The number of aryl methyl sites for hydroxylation is 1. The molecule has 0 atom stereocenters. The molecule has 6 rings (SSSR count). The quantitative estimate of drug-likeness (QED) is 0.274. The number of imidazole rings is 1. The van der Waals surface area contributed by atoms with Crippen molar-refractivity contribution in [2.45, 2.75) is 0 Å². The van der Waals surface area contributed by atoms with Crippen LogP contribution in [-0.2, 0) is 7.05 Å². The zero-order valence-corrected chi connectivity index (χ0v) is 19.9. The molecule has 5 aromatic rings. The van der Waals surface area contributed by atoms with Gasteiger partial charge in [-0.05, 0) is 36.4 Å². The minimum atomic E-state index is 0.645. The highest BCUT2D eigenvalue weighted by Crippen LogP contribution is 2.31. The summed E-state index contributed by atoms with van der Waals surface area (Å²) in [5, 5.41) is 6.52. The third kappa shape index (κ3) is 4.44. The van der Waals surface area contributed by atoms with E-state index in [9.17, 15) is 0 Å². The molecule has 1 aliphatic rings. The van der Waals surface area contributed by atoms with Gasteiger partial charge in [-0.2, -0.15) is 5.10 Å². The van der Waals surface area contributed by atoms with Gasteiger partial charge in [0.15, 0.2) is 0 Å². The summed E-state index contributed by atoms with van der Waals surface area (Å²) in [5.74, 6) is 2.40. The van der Waals surface area contributed by atoms with Gasteiger partial charge in [-0.3, -0.25) is 0 Å². The molecule has 176 valence electrons. The molecule has 0 unspecified atom stereocenters. The van der Waals surface area contributed by atoms with Crippen LogP contribution in [0, 0.1) is 0 Å². The van der Waals surface area contributed by atoms with Gasteiger partial charge in [0.2, 0.25) is 0 Å². The Labute approximate surface area is 210 Å². The lowest BCUT2D eigenvalue weighted by atomic mass is 10.2. The molecule has 0 spiro atoms. The number of ether oxygens (including phenoxy) is 1. The van der Waals surface area contributed by atoms with Gasteiger partial charge in [0.25, 0.3) is 0 Å². The molecule has 0 fully saturated rings. The Kier molecular flexibility index (Phi) is 5.68. The van der Waals surface area contributed by atoms with E-state index in [2.05, 4.69) is 46.5 Å². The first-order valence-electron chi connectivity index (χ1n) is 11.8. The Morgan fingerprint density at radius 1 is 0.694 bits per heavy atom. The van der Waals surface area contributed by atoms with Crippen molar-refractivity contribution in [3.05, 3.63) is 115 Å². The van der Waals surface area contributed by atoms with E-state index in [1.165, 1.54) is 0 Å². The smallest absolute Gasteiger partial charge is 0.140 e. The summed E-state index contributed by atoms with van der Waals surface area (Å²) in [6.45, 7) is 0.645. The highest BCUT2D eigenvalue weighted by Gasteiger charge is 2.17. The maximum Gasteiger partial charge on any atom is 0.140 e. The number of benzene rings is 4. The second-order valence-electron chi connectivity index (χ2n) is 8.63. The Morgan fingerprint density at radius 3 is 2.17 bits per heavy atom. The van der Waals surface area contributed by atoms with Crippen molar-refractivity contribution in [3.8, 4) is 34.1 Å². The highest BCUT2D eigenvalue weighted by molar-refractivity contribution is 5.83. The van der Waals surface area contributed by atoms with Gasteiger partial charge < -0.3 is 14.2 Å². The minimum absolute atomic E-state index is 0.645. The lowest BCUT2D eigenvalue weighted by Gasteiger charge is -2.19. The van der Waals surface area contributed by atoms with Gasteiger partial charge in [-0.1, -0.05) is 66.7 Å². The zero-order chi connectivity index (χ0) is 24.3. The van der Waals surface area contributed by atoms with Crippen molar-refractivity contribution in [2.75, 3.05) is 16.6 Å². The molecule has 0 saturated carbocycles. The molecule has 4 aromatic carbocycles. The number of hydrazone groups is 1. The molecule has 0 radical (unpaired) electrons. The standard InChI is InChI=1S/C30H25N5O/c1-33-20-29(23-10-4-2-5-11-23)32-30(33)24-12-8-16-27(18-24)36-28-17-9-15-26(19-28)35-22-34(21-31-35)25-13-6-3-7-14-25/h2-21H,22H2,1H3. The summed E-state index contributed by atoms with van der Waals surface area (Å²) >= 11 is 0. The fraction of sp³-hybridized carbons (Fsp3) is 0.0667. The van der Waals surface area contributed by atoms with Crippen molar-refractivity contribution in [2.24, 2.45) is 12.1 Å². The molecule has 0 aliphatic carbocycles. The van der Waals surface area contributed by atoms with Crippen LogP contribution in [0.25, 0.3) is 22.6 Å². The molecule has 1 aromatic heterocycles. The van der Waals surface area contributed by atoms with Crippen LogP contribution in [0.2, 0.25) is 0 Å². The summed E-state index contributed by atoms with van der Waals surface area (Å²) in [5.41, 5.74) is 5.12. The van der Waals surface area contributed by atoms with Gasteiger partial charge in [0.05, 0.1) is 11.4 Å². The molecular weight excluding hydrogens is 446 g/mol. The van der Waals surface area contributed by atoms with Crippen LogP contribution < -0.4 is 14.6 Å². The number of aromatic nitrogens is 2. The second kappa shape index (κ2) is 9.43. The first-order valence-corrected chi connectivity index (χ1v) is 11.8. The van der Waals surface area contributed by atoms with Crippen molar-refractivity contribution in [1.29, 1.82) is 0 Å². The number of rotatable bonds is 6. The summed E-state index contributed by atoms with van der Waals surface area (Å²) < 4.78 is 8.30. The fourth-order valence-electron chi connectivity index (χ4n) is 4.28. The summed E-state index contributed by atoms with van der Waals surface area (Å²) in [6, 6.07) is 36.5. The van der Waals surface area contributed by atoms with Crippen LogP contribution in [-0.4, -0.2) is 22.6 Å². The average molecular weight is 472 g/mol. The Morgan fingerprint density at radius 2 is 1.36 bits per heavy atom. The summed E-state index contributed by atoms with van der Waals surface area (Å²) in [4.78, 5) is 6.98. The molecular formula is C30H25N5O. The van der Waals surface area contributed by atoms with E-state index < -0.39 is 0 Å². The van der Waals surface area contributed by atoms with E-state index in [1.54, 1.807) is 0 Å². The monoisotopic (exact) mass is 471 g/mol. The van der Waals surface area contributed by atoms with Gasteiger partial charge >= 0.3 is 0 Å². The van der Waals surface area contributed by atoms with E-state index in [0.717, 1.165) is 45.5 Å². The average Bonchev–Trinajstić information content (AvgIpc) is 3.58. The van der Waals surface area contributed by atoms with Crippen LogP contribution in [0.15, 0.2) is 120 Å². The SMILES string of the molecule is Cn1cc(-c2ccccc2)nc1-c1cccc(Oc2cccc(N3CN(c4ccccc4)C=N3)c2)c1. The number of nitrogens with zero attached hydrogens (tertiary/aromatic N) is 5. The number of hydrogen-bond acceptors (Lipinski definition) is 5. The van der Waals surface area contributed by atoms with E-state index in [4.69, 9.17) is 9.72 Å². The molecule has 0 saturated heterocycles. The fourth-order valence-corrected chi connectivity index (χ4v) is 4.28. The van der Waals surface area contributed by atoms with Crippen LogP contribution in [0.1, 0.15) is 0 Å². The normalized spacial score (nSPS) is 12.8. The minimum Gasteiger partial charge on any atom is -0.457 e. The van der Waals surface area contributed by atoms with E-state index in [0.29, 0.717) is 6.67 Å². The van der Waals surface area contributed by atoms with Gasteiger partial charge in [0.1, 0.15) is 30.3 Å². The first-order chi connectivity index (χ1) is 17.7. The predicted octanol–water partition coefficient (Wildman–Crippen LogP) is 6.77. The molecule has 2 heterocycles. The Hall–Kier alpha value is -4.84. The maximum absolute atomic E-state index is 6.25. The van der Waals surface area contributed by atoms with Gasteiger partial charge in [0, 0.05) is 36.1 Å². The van der Waals surface area contributed by atoms with Crippen LogP contribution in [0.4, 0.5) is 11.4 Å². The van der Waals surface area contributed by atoms with Crippen molar-refractivity contribution < 1.29 is 4.74 Å². The topological polar surface area (TPSA) is 45.9 Å². The van der Waals surface area contributed by atoms with Gasteiger partial charge in [-0.15, -0.1) is 0 Å². The number of hydrogen-bond donors (Lipinski definition) is 0. The molecule has 6 nitrogen and oxygen atoms in total. The molecule has 36 heavy (non-hydrogen) atoms. The molecule has 0 amide bonds. The Bertz CT molecular complexity index is 1510. The third-order valence-corrected chi connectivity index (χ3v) is 6.09. The maximum atomic E-state index is 6.25. The highest BCUT2D eigenvalue weighted by atomic mass is 16.5. The number of anilines is 2.